The number of benzene rings is 1. The van der Waals surface area contributed by atoms with Crippen LogP contribution in [0.3, 0.4) is 0 Å². The SMILES string of the molecule is Nc1ccc(C(Cc2cc[n+]([O-])cc2)c2ccc(C(F)F)c(C(F)F)c2)cn1. The molecule has 146 valence electrons. The summed E-state index contributed by atoms with van der Waals surface area (Å²) in [6.45, 7) is 0. The Labute approximate surface area is 158 Å². The summed E-state index contributed by atoms with van der Waals surface area (Å²) in [6, 6.07) is 10.1. The minimum atomic E-state index is -3.02. The van der Waals surface area contributed by atoms with Crippen molar-refractivity contribution in [3.05, 3.63) is 94.1 Å². The summed E-state index contributed by atoms with van der Waals surface area (Å²) in [7, 11) is 0. The fourth-order valence-corrected chi connectivity index (χ4v) is 3.06. The normalized spacial score (nSPS) is 12.5. The molecule has 0 amide bonds. The molecule has 28 heavy (non-hydrogen) atoms. The molecule has 0 aliphatic carbocycles. The Morgan fingerprint density at radius 2 is 1.54 bits per heavy atom. The van der Waals surface area contributed by atoms with Crippen LogP contribution in [0.2, 0.25) is 0 Å². The smallest absolute Gasteiger partial charge is 0.264 e. The molecule has 3 rings (SSSR count). The zero-order chi connectivity index (χ0) is 20.3. The molecule has 0 aliphatic rings. The molecule has 0 saturated heterocycles. The Bertz CT molecular complexity index is 931. The second-order valence-corrected chi connectivity index (χ2v) is 6.33. The molecule has 0 aliphatic heterocycles. The molecular weight excluding hydrogens is 374 g/mol. The van der Waals surface area contributed by atoms with Crippen LogP contribution in [0, 0.1) is 5.21 Å². The number of aromatic nitrogens is 2. The number of hydrogen-bond acceptors (Lipinski definition) is 3. The van der Waals surface area contributed by atoms with Gasteiger partial charge in [0.1, 0.15) is 5.82 Å². The number of alkyl halides is 4. The average molecular weight is 391 g/mol. The topological polar surface area (TPSA) is 65.8 Å². The standard InChI is InChI=1S/C20H17F4N3O/c21-19(22)15-3-1-13(10-17(15)20(23)24)16(14-2-4-18(25)26-11-14)9-12-5-7-27(28)8-6-12/h1-8,10-11,16,19-20H,9H2,(H2,25,26). The summed E-state index contributed by atoms with van der Waals surface area (Å²) in [4.78, 5) is 4.04. The fraction of sp³-hybridized carbons (Fsp3) is 0.200. The van der Waals surface area contributed by atoms with E-state index >= 15 is 0 Å². The van der Waals surface area contributed by atoms with E-state index in [9.17, 15) is 22.8 Å². The lowest BCUT2D eigenvalue weighted by Gasteiger charge is -2.20. The van der Waals surface area contributed by atoms with Crippen molar-refractivity contribution in [1.29, 1.82) is 0 Å². The maximum Gasteiger partial charge on any atom is 0.264 e. The second kappa shape index (κ2) is 8.24. The Balaban J connectivity index is 2.06. The number of nitrogens with zero attached hydrogens (tertiary/aromatic N) is 2. The van der Waals surface area contributed by atoms with Crippen molar-refractivity contribution in [2.24, 2.45) is 0 Å². The summed E-state index contributed by atoms with van der Waals surface area (Å²) in [5.41, 5.74) is 6.18. The lowest BCUT2D eigenvalue weighted by molar-refractivity contribution is -0.605. The Hall–Kier alpha value is -3.16. The predicted octanol–water partition coefficient (Wildman–Crippen LogP) is 4.55. The molecular formula is C20H17F4N3O. The molecule has 0 bridgehead atoms. The summed E-state index contributed by atoms with van der Waals surface area (Å²) in [5, 5.41) is 11.2. The second-order valence-electron chi connectivity index (χ2n) is 6.33. The van der Waals surface area contributed by atoms with Crippen LogP contribution in [-0.4, -0.2) is 4.98 Å². The highest BCUT2D eigenvalue weighted by molar-refractivity contribution is 5.42. The van der Waals surface area contributed by atoms with Crippen molar-refractivity contribution in [2.45, 2.75) is 25.2 Å². The summed E-state index contributed by atoms with van der Waals surface area (Å²) >= 11 is 0. The van der Waals surface area contributed by atoms with Crippen molar-refractivity contribution in [1.82, 2.24) is 4.98 Å². The van der Waals surface area contributed by atoms with E-state index in [-0.39, 0.29) is 0 Å². The molecule has 3 aromatic rings. The first-order valence-corrected chi connectivity index (χ1v) is 8.44. The van der Waals surface area contributed by atoms with E-state index < -0.39 is 29.9 Å². The van der Waals surface area contributed by atoms with Crippen molar-refractivity contribution >= 4 is 5.82 Å². The third-order valence-corrected chi connectivity index (χ3v) is 4.51. The van der Waals surface area contributed by atoms with E-state index in [0.717, 1.165) is 17.7 Å². The van der Waals surface area contributed by atoms with Crippen LogP contribution in [0.25, 0.3) is 0 Å². The van der Waals surface area contributed by atoms with Crippen LogP contribution >= 0.6 is 0 Å². The minimum absolute atomic E-state index is 0.302. The average Bonchev–Trinajstić information content (AvgIpc) is 2.68. The number of hydrogen-bond donors (Lipinski definition) is 1. The zero-order valence-electron chi connectivity index (χ0n) is 14.6. The van der Waals surface area contributed by atoms with Gasteiger partial charge in [-0.2, -0.15) is 4.73 Å². The Morgan fingerprint density at radius 1 is 0.893 bits per heavy atom. The van der Waals surface area contributed by atoms with E-state index in [1.165, 1.54) is 24.7 Å². The number of nitrogens with two attached hydrogens (primary N) is 1. The largest absolute Gasteiger partial charge is 0.619 e. The molecule has 1 aromatic carbocycles. The van der Waals surface area contributed by atoms with E-state index in [4.69, 9.17) is 5.73 Å². The van der Waals surface area contributed by atoms with Crippen molar-refractivity contribution in [3.8, 4) is 0 Å². The molecule has 2 heterocycles. The number of rotatable bonds is 6. The van der Waals surface area contributed by atoms with E-state index in [0.29, 0.717) is 28.1 Å². The highest BCUT2D eigenvalue weighted by atomic mass is 19.3. The quantitative estimate of drug-likeness (QED) is 0.381. The van der Waals surface area contributed by atoms with Gasteiger partial charge in [-0.05, 0) is 35.2 Å². The van der Waals surface area contributed by atoms with Gasteiger partial charge in [-0.3, -0.25) is 0 Å². The Kier molecular flexibility index (Phi) is 5.77. The molecule has 1 atom stereocenters. The molecule has 8 heteroatoms. The number of nitrogen functional groups attached to an aromatic ring is 1. The zero-order valence-corrected chi connectivity index (χ0v) is 14.6. The molecule has 0 spiro atoms. The maximum atomic E-state index is 13.4. The van der Waals surface area contributed by atoms with Crippen LogP contribution in [-0.2, 0) is 6.42 Å². The van der Waals surface area contributed by atoms with E-state index in [1.807, 2.05) is 0 Å². The maximum absolute atomic E-state index is 13.4. The van der Waals surface area contributed by atoms with Crippen molar-refractivity contribution in [3.63, 3.8) is 0 Å². The first-order valence-electron chi connectivity index (χ1n) is 8.44. The van der Waals surface area contributed by atoms with Gasteiger partial charge >= 0.3 is 0 Å². The summed E-state index contributed by atoms with van der Waals surface area (Å²) in [5.74, 6) is -0.129. The Morgan fingerprint density at radius 3 is 2.11 bits per heavy atom. The minimum Gasteiger partial charge on any atom is -0.619 e. The lowest BCUT2D eigenvalue weighted by Crippen LogP contribution is -2.24. The van der Waals surface area contributed by atoms with Gasteiger partial charge in [0.05, 0.1) is 0 Å². The highest BCUT2D eigenvalue weighted by Gasteiger charge is 2.23. The lowest BCUT2D eigenvalue weighted by atomic mass is 9.85. The van der Waals surface area contributed by atoms with Crippen LogP contribution in [0.5, 0.6) is 0 Å². The first kappa shape index (κ1) is 19.6. The van der Waals surface area contributed by atoms with E-state index in [1.54, 1.807) is 24.3 Å². The molecule has 0 fully saturated rings. The predicted molar refractivity (Wildman–Crippen MR) is 96.0 cm³/mol. The molecule has 2 aromatic heterocycles. The fourth-order valence-electron chi connectivity index (χ4n) is 3.06. The molecule has 0 saturated carbocycles. The van der Waals surface area contributed by atoms with Gasteiger partial charge in [-0.15, -0.1) is 0 Å². The van der Waals surface area contributed by atoms with Gasteiger partial charge in [0.25, 0.3) is 12.9 Å². The van der Waals surface area contributed by atoms with Crippen LogP contribution < -0.4 is 10.5 Å². The summed E-state index contributed by atoms with van der Waals surface area (Å²) < 4.78 is 53.5. The highest BCUT2D eigenvalue weighted by Crippen LogP contribution is 2.35. The van der Waals surface area contributed by atoms with Gasteiger partial charge in [-0.25, -0.2) is 22.5 Å². The van der Waals surface area contributed by atoms with Crippen LogP contribution in [0.1, 0.15) is 46.6 Å². The third-order valence-electron chi connectivity index (χ3n) is 4.51. The number of anilines is 1. The number of pyridine rings is 2. The van der Waals surface area contributed by atoms with Crippen LogP contribution in [0.4, 0.5) is 23.4 Å². The monoisotopic (exact) mass is 391 g/mol. The molecule has 2 N–H and O–H groups in total. The van der Waals surface area contributed by atoms with Gasteiger partial charge in [0.2, 0.25) is 0 Å². The van der Waals surface area contributed by atoms with Gasteiger partial charge in [-0.1, -0.05) is 18.2 Å². The first-order chi connectivity index (χ1) is 13.3. The van der Waals surface area contributed by atoms with Crippen LogP contribution in [0.15, 0.2) is 61.1 Å². The van der Waals surface area contributed by atoms with Crippen molar-refractivity contribution in [2.75, 3.05) is 5.73 Å². The van der Waals surface area contributed by atoms with E-state index in [2.05, 4.69) is 4.98 Å². The molecule has 1 unspecified atom stereocenters. The number of halogens is 4. The van der Waals surface area contributed by atoms with Gasteiger partial charge < -0.3 is 10.9 Å². The summed E-state index contributed by atoms with van der Waals surface area (Å²) in [6.07, 6.45) is -1.46. The molecule has 0 radical (unpaired) electrons. The third kappa shape index (κ3) is 4.39. The van der Waals surface area contributed by atoms with Gasteiger partial charge in [0.15, 0.2) is 12.4 Å². The van der Waals surface area contributed by atoms with Gasteiger partial charge in [0, 0.05) is 35.4 Å². The molecule has 4 nitrogen and oxygen atoms in total. The van der Waals surface area contributed by atoms with Crippen molar-refractivity contribution < 1.29 is 22.3 Å².